The van der Waals surface area contributed by atoms with Gasteiger partial charge >= 0.3 is 0 Å². The normalized spacial score (nSPS) is 35.0. The van der Waals surface area contributed by atoms with Crippen LogP contribution in [0.4, 0.5) is 0 Å². The molecule has 1 aromatic carbocycles. The Morgan fingerprint density at radius 1 is 1.11 bits per heavy atom. The predicted octanol–water partition coefficient (Wildman–Crippen LogP) is 3.08. The molecule has 0 bridgehead atoms. The molecular formula is C23H33N3O. The number of carbonyl (C=O) groups excluding carboxylic acids is 1. The van der Waals surface area contributed by atoms with E-state index in [4.69, 9.17) is 0 Å². The highest BCUT2D eigenvalue weighted by Crippen LogP contribution is 2.56. The van der Waals surface area contributed by atoms with Crippen LogP contribution in [0.5, 0.6) is 0 Å². The Morgan fingerprint density at radius 2 is 1.85 bits per heavy atom. The SMILES string of the molecule is CCc1ccc([C@@H]2C[C@H]3CN(C4CCN(C)CC4)C(=O)[C@]34CCCN24)cc1. The molecule has 4 nitrogen and oxygen atoms in total. The van der Waals surface area contributed by atoms with E-state index >= 15 is 0 Å². The first kappa shape index (κ1) is 17.7. The second kappa shape index (κ2) is 6.59. The summed E-state index contributed by atoms with van der Waals surface area (Å²) < 4.78 is 0. The van der Waals surface area contributed by atoms with Crippen LogP contribution in [0.25, 0.3) is 0 Å². The zero-order valence-electron chi connectivity index (χ0n) is 16.9. The zero-order chi connectivity index (χ0) is 18.6. The summed E-state index contributed by atoms with van der Waals surface area (Å²) in [6, 6.07) is 10.1. The van der Waals surface area contributed by atoms with Gasteiger partial charge in [-0.25, -0.2) is 0 Å². The van der Waals surface area contributed by atoms with Crippen LogP contribution >= 0.6 is 0 Å². The van der Waals surface area contributed by atoms with E-state index in [2.05, 4.69) is 52.9 Å². The molecule has 0 radical (unpaired) electrons. The molecule has 1 amide bonds. The molecule has 4 heteroatoms. The highest BCUT2D eigenvalue weighted by molar-refractivity contribution is 5.90. The third-order valence-electron chi connectivity index (χ3n) is 7.98. The van der Waals surface area contributed by atoms with Crippen molar-refractivity contribution in [3.63, 3.8) is 0 Å². The number of hydrogen-bond donors (Lipinski definition) is 0. The lowest BCUT2D eigenvalue weighted by atomic mass is 9.85. The van der Waals surface area contributed by atoms with Gasteiger partial charge in [0.15, 0.2) is 0 Å². The highest BCUT2D eigenvalue weighted by Gasteiger charge is 2.65. The van der Waals surface area contributed by atoms with Gasteiger partial charge in [-0.05, 0) is 76.3 Å². The Kier molecular flexibility index (Phi) is 4.32. The number of hydrogen-bond acceptors (Lipinski definition) is 3. The summed E-state index contributed by atoms with van der Waals surface area (Å²) in [4.78, 5) is 21.0. The first-order valence-corrected chi connectivity index (χ1v) is 11.0. The van der Waals surface area contributed by atoms with Gasteiger partial charge < -0.3 is 9.80 Å². The van der Waals surface area contributed by atoms with Gasteiger partial charge in [-0.1, -0.05) is 31.2 Å². The molecule has 0 N–H and O–H groups in total. The summed E-state index contributed by atoms with van der Waals surface area (Å²) in [5.74, 6) is 0.982. The lowest BCUT2D eigenvalue weighted by Gasteiger charge is -2.38. The average molecular weight is 368 g/mol. The number of rotatable bonds is 3. The number of aryl methyl sites for hydroxylation is 1. The molecule has 4 saturated heterocycles. The van der Waals surface area contributed by atoms with Crippen molar-refractivity contribution in [2.45, 2.75) is 63.1 Å². The van der Waals surface area contributed by atoms with Crippen molar-refractivity contribution in [3.05, 3.63) is 35.4 Å². The van der Waals surface area contributed by atoms with Crippen molar-refractivity contribution in [1.82, 2.24) is 14.7 Å². The Morgan fingerprint density at radius 3 is 2.56 bits per heavy atom. The minimum absolute atomic E-state index is 0.183. The van der Waals surface area contributed by atoms with Crippen LogP contribution in [0.3, 0.4) is 0 Å². The van der Waals surface area contributed by atoms with Crippen LogP contribution in [0.2, 0.25) is 0 Å². The predicted molar refractivity (Wildman–Crippen MR) is 108 cm³/mol. The topological polar surface area (TPSA) is 26.8 Å². The van der Waals surface area contributed by atoms with E-state index in [1.54, 1.807) is 0 Å². The molecule has 0 aliphatic carbocycles. The van der Waals surface area contributed by atoms with E-state index in [0.29, 0.717) is 23.9 Å². The maximum Gasteiger partial charge on any atom is 0.243 e. The summed E-state index contributed by atoms with van der Waals surface area (Å²) >= 11 is 0. The maximum absolute atomic E-state index is 13.7. The van der Waals surface area contributed by atoms with Gasteiger partial charge in [0, 0.05) is 24.5 Å². The first-order valence-electron chi connectivity index (χ1n) is 11.0. The van der Waals surface area contributed by atoms with Crippen molar-refractivity contribution in [2.24, 2.45) is 5.92 Å². The monoisotopic (exact) mass is 367 g/mol. The Balaban J connectivity index is 1.39. The molecule has 4 fully saturated rings. The fourth-order valence-electron chi connectivity index (χ4n) is 6.44. The fourth-order valence-corrected chi connectivity index (χ4v) is 6.44. The Bertz CT molecular complexity index is 709. The smallest absolute Gasteiger partial charge is 0.243 e. The molecular weight excluding hydrogens is 334 g/mol. The number of carbonyl (C=O) groups is 1. The van der Waals surface area contributed by atoms with Crippen LogP contribution in [-0.2, 0) is 11.2 Å². The standard InChI is InChI=1S/C23H33N3O/c1-3-17-5-7-18(8-6-17)21-15-19-16-25(20-9-13-24(2)14-10-20)22(27)23(19)11-4-12-26(21)23/h5-8,19-21H,3-4,9-16H2,1-2H3/t19-,21-,23-/m0/s1. The molecule has 1 spiro atoms. The summed E-state index contributed by atoms with van der Waals surface area (Å²) in [6.45, 7) is 6.54. The van der Waals surface area contributed by atoms with Crippen LogP contribution in [0.15, 0.2) is 24.3 Å². The zero-order valence-corrected chi connectivity index (χ0v) is 16.9. The van der Waals surface area contributed by atoms with Gasteiger partial charge in [0.05, 0.1) is 0 Å². The summed E-state index contributed by atoms with van der Waals surface area (Å²) in [6.07, 6.45) is 6.78. The molecule has 1 aromatic rings. The average Bonchev–Trinajstić information content (AvgIpc) is 3.33. The second-order valence-electron chi connectivity index (χ2n) is 9.26. The number of amides is 1. The van der Waals surface area contributed by atoms with Crippen LogP contribution in [0, 0.1) is 5.92 Å². The molecule has 146 valence electrons. The lowest BCUT2D eigenvalue weighted by molar-refractivity contribution is -0.139. The molecule has 0 aromatic heterocycles. The second-order valence-corrected chi connectivity index (χ2v) is 9.26. The van der Waals surface area contributed by atoms with E-state index < -0.39 is 0 Å². The summed E-state index contributed by atoms with van der Waals surface area (Å²) in [5, 5.41) is 0. The number of benzene rings is 1. The largest absolute Gasteiger partial charge is 0.338 e. The molecule has 27 heavy (non-hydrogen) atoms. The summed E-state index contributed by atoms with van der Waals surface area (Å²) in [7, 11) is 2.20. The fraction of sp³-hybridized carbons (Fsp3) is 0.696. The van der Waals surface area contributed by atoms with Crippen molar-refractivity contribution in [3.8, 4) is 0 Å². The number of likely N-dealkylation sites (tertiary alicyclic amines) is 2. The third-order valence-corrected chi connectivity index (χ3v) is 7.98. The van der Waals surface area contributed by atoms with E-state index in [1.807, 2.05) is 0 Å². The Labute approximate surface area is 163 Å². The molecule has 5 rings (SSSR count). The van der Waals surface area contributed by atoms with Gasteiger partial charge in [-0.15, -0.1) is 0 Å². The van der Waals surface area contributed by atoms with Crippen molar-refractivity contribution < 1.29 is 4.79 Å². The van der Waals surface area contributed by atoms with E-state index in [-0.39, 0.29) is 5.54 Å². The van der Waals surface area contributed by atoms with E-state index in [9.17, 15) is 4.79 Å². The minimum Gasteiger partial charge on any atom is -0.338 e. The van der Waals surface area contributed by atoms with Gasteiger partial charge in [0.25, 0.3) is 0 Å². The Hall–Kier alpha value is -1.39. The summed E-state index contributed by atoms with van der Waals surface area (Å²) in [5.41, 5.74) is 2.64. The van der Waals surface area contributed by atoms with Crippen LogP contribution in [0.1, 0.15) is 56.2 Å². The molecule has 0 saturated carbocycles. The minimum atomic E-state index is -0.183. The van der Waals surface area contributed by atoms with E-state index in [0.717, 1.165) is 58.3 Å². The lowest BCUT2D eigenvalue weighted by Crippen LogP contribution is -2.52. The number of piperidine rings is 1. The van der Waals surface area contributed by atoms with Gasteiger partial charge in [0.1, 0.15) is 5.54 Å². The maximum atomic E-state index is 13.7. The molecule has 4 aliphatic heterocycles. The molecule has 4 aliphatic rings. The molecule has 0 unspecified atom stereocenters. The highest BCUT2D eigenvalue weighted by atomic mass is 16.2. The third kappa shape index (κ3) is 2.60. The van der Waals surface area contributed by atoms with Crippen molar-refractivity contribution >= 4 is 5.91 Å². The molecule has 4 heterocycles. The van der Waals surface area contributed by atoms with Crippen molar-refractivity contribution in [2.75, 3.05) is 33.2 Å². The van der Waals surface area contributed by atoms with Gasteiger partial charge in [0.2, 0.25) is 5.91 Å². The first-order chi connectivity index (χ1) is 13.1. The van der Waals surface area contributed by atoms with Crippen LogP contribution < -0.4 is 0 Å². The quantitative estimate of drug-likeness (QED) is 0.821. The molecule has 3 atom stereocenters. The van der Waals surface area contributed by atoms with Crippen molar-refractivity contribution in [1.29, 1.82) is 0 Å². The van der Waals surface area contributed by atoms with Gasteiger partial charge in [-0.2, -0.15) is 0 Å². The van der Waals surface area contributed by atoms with Gasteiger partial charge in [-0.3, -0.25) is 9.69 Å². The number of nitrogens with zero attached hydrogens (tertiary/aromatic N) is 3. The van der Waals surface area contributed by atoms with Crippen LogP contribution in [-0.4, -0.2) is 65.4 Å². The van der Waals surface area contributed by atoms with E-state index in [1.165, 1.54) is 17.5 Å².